The summed E-state index contributed by atoms with van der Waals surface area (Å²) in [6.45, 7) is 3.44. The average molecular weight is 397 g/mol. The molecule has 7 heteroatoms. The van der Waals surface area contributed by atoms with Gasteiger partial charge in [-0.25, -0.2) is 17.2 Å². The highest BCUT2D eigenvalue weighted by Gasteiger charge is 2.26. The molecular formula is C21H19NO5S. The number of hydrogen-bond donors (Lipinski definition) is 0. The summed E-state index contributed by atoms with van der Waals surface area (Å²) in [7, 11) is -3.90. The van der Waals surface area contributed by atoms with Gasteiger partial charge in [-0.3, -0.25) is 4.79 Å². The quantitative estimate of drug-likeness (QED) is 0.361. The minimum absolute atomic E-state index is 0.125. The molecule has 0 radical (unpaired) electrons. The molecule has 0 aliphatic rings. The van der Waals surface area contributed by atoms with E-state index in [1.807, 2.05) is 0 Å². The van der Waals surface area contributed by atoms with Crippen molar-refractivity contribution in [3.05, 3.63) is 78.0 Å². The fourth-order valence-electron chi connectivity index (χ4n) is 3.08. The SMILES string of the molecule is CCOC(=O)/C=C/C(=O)c1c(C)n(S(=O)(=O)c2ccccc2)c2ccccc12. The van der Waals surface area contributed by atoms with Crippen molar-refractivity contribution in [2.75, 3.05) is 6.61 Å². The number of nitrogens with zero attached hydrogens (tertiary/aromatic N) is 1. The molecule has 2 aromatic carbocycles. The molecule has 1 aromatic heterocycles. The molecule has 0 fully saturated rings. The van der Waals surface area contributed by atoms with E-state index in [0.29, 0.717) is 10.9 Å². The van der Waals surface area contributed by atoms with E-state index >= 15 is 0 Å². The van der Waals surface area contributed by atoms with Gasteiger partial charge in [0.05, 0.1) is 22.6 Å². The Balaban J connectivity index is 2.19. The Bertz CT molecular complexity index is 1170. The Morgan fingerprint density at radius 3 is 2.32 bits per heavy atom. The summed E-state index contributed by atoms with van der Waals surface area (Å²) in [6, 6.07) is 14.8. The zero-order chi connectivity index (χ0) is 20.3. The Morgan fingerprint density at radius 1 is 1.00 bits per heavy atom. The molecule has 0 bridgehead atoms. The zero-order valence-electron chi connectivity index (χ0n) is 15.5. The van der Waals surface area contributed by atoms with Crippen LogP contribution in [0.15, 0.2) is 71.6 Å². The summed E-state index contributed by atoms with van der Waals surface area (Å²) < 4.78 is 32.4. The van der Waals surface area contributed by atoms with Crippen LogP contribution in [0.1, 0.15) is 23.0 Å². The predicted molar refractivity (Wildman–Crippen MR) is 106 cm³/mol. The van der Waals surface area contributed by atoms with Crippen LogP contribution in [-0.4, -0.2) is 30.7 Å². The van der Waals surface area contributed by atoms with Crippen molar-refractivity contribution in [1.29, 1.82) is 0 Å². The maximum atomic E-state index is 13.2. The van der Waals surface area contributed by atoms with E-state index in [1.54, 1.807) is 56.3 Å². The van der Waals surface area contributed by atoms with E-state index in [4.69, 9.17) is 4.74 Å². The summed E-state index contributed by atoms with van der Waals surface area (Å²) >= 11 is 0. The Kier molecular flexibility index (Phi) is 5.46. The Morgan fingerprint density at radius 2 is 1.64 bits per heavy atom. The molecule has 0 unspecified atom stereocenters. The smallest absolute Gasteiger partial charge is 0.330 e. The number of allylic oxidation sites excluding steroid dienone is 1. The molecule has 0 aliphatic heterocycles. The first-order chi connectivity index (χ1) is 13.4. The molecule has 0 spiro atoms. The normalized spacial score (nSPS) is 11.8. The van der Waals surface area contributed by atoms with Gasteiger partial charge >= 0.3 is 5.97 Å². The molecule has 3 aromatic rings. The fraction of sp³-hybridized carbons (Fsp3) is 0.143. The lowest BCUT2D eigenvalue weighted by molar-refractivity contribution is -0.137. The van der Waals surface area contributed by atoms with Crippen LogP contribution in [0.4, 0.5) is 0 Å². The molecule has 0 saturated carbocycles. The minimum Gasteiger partial charge on any atom is -0.463 e. The molecule has 0 saturated heterocycles. The van der Waals surface area contributed by atoms with Crippen LogP contribution in [0.5, 0.6) is 0 Å². The van der Waals surface area contributed by atoms with Crippen LogP contribution >= 0.6 is 0 Å². The van der Waals surface area contributed by atoms with Gasteiger partial charge in [0, 0.05) is 17.2 Å². The molecule has 1 heterocycles. The van der Waals surface area contributed by atoms with Gasteiger partial charge in [0.25, 0.3) is 10.0 Å². The van der Waals surface area contributed by atoms with Crippen LogP contribution in [-0.2, 0) is 19.6 Å². The van der Waals surface area contributed by atoms with Gasteiger partial charge in [-0.2, -0.15) is 0 Å². The number of carbonyl (C=O) groups is 2. The molecule has 0 amide bonds. The molecule has 3 rings (SSSR count). The summed E-state index contributed by atoms with van der Waals surface area (Å²) in [5.41, 5.74) is 0.913. The van der Waals surface area contributed by atoms with Crippen LogP contribution in [0, 0.1) is 6.92 Å². The number of para-hydroxylation sites is 1. The van der Waals surface area contributed by atoms with Gasteiger partial charge in [0.2, 0.25) is 0 Å². The fourth-order valence-corrected chi connectivity index (χ4v) is 4.66. The van der Waals surface area contributed by atoms with E-state index in [1.165, 1.54) is 16.1 Å². The third kappa shape index (κ3) is 3.48. The topological polar surface area (TPSA) is 82.4 Å². The second-order valence-electron chi connectivity index (χ2n) is 6.01. The highest BCUT2D eigenvalue weighted by molar-refractivity contribution is 7.90. The first kappa shape index (κ1) is 19.6. The first-order valence-electron chi connectivity index (χ1n) is 8.67. The van der Waals surface area contributed by atoms with Crippen LogP contribution in [0.2, 0.25) is 0 Å². The Labute approximate surface area is 163 Å². The average Bonchev–Trinajstić information content (AvgIpc) is 2.99. The van der Waals surface area contributed by atoms with Crippen LogP contribution in [0.3, 0.4) is 0 Å². The molecule has 0 N–H and O–H groups in total. The van der Waals surface area contributed by atoms with E-state index in [-0.39, 0.29) is 22.8 Å². The van der Waals surface area contributed by atoms with Crippen molar-refractivity contribution in [3.63, 3.8) is 0 Å². The number of fused-ring (bicyclic) bond motifs is 1. The van der Waals surface area contributed by atoms with Gasteiger partial charge in [0.15, 0.2) is 5.78 Å². The maximum absolute atomic E-state index is 13.2. The van der Waals surface area contributed by atoms with Gasteiger partial charge in [-0.15, -0.1) is 0 Å². The standard InChI is InChI=1S/C21H19NO5S/c1-3-27-20(24)14-13-19(23)21-15(2)22(18-12-8-7-11-17(18)21)28(25,26)16-9-5-4-6-10-16/h4-14H,3H2,1-2H3/b14-13+. The summed E-state index contributed by atoms with van der Waals surface area (Å²) in [6.07, 6.45) is 2.15. The zero-order valence-corrected chi connectivity index (χ0v) is 16.3. The number of hydrogen-bond acceptors (Lipinski definition) is 5. The molecule has 6 nitrogen and oxygen atoms in total. The molecule has 0 atom stereocenters. The van der Waals surface area contributed by atoms with Crippen molar-refractivity contribution in [2.45, 2.75) is 18.7 Å². The number of esters is 1. The van der Waals surface area contributed by atoms with E-state index in [2.05, 4.69) is 0 Å². The van der Waals surface area contributed by atoms with Crippen molar-refractivity contribution >= 4 is 32.7 Å². The Hall–Kier alpha value is -3.19. The van der Waals surface area contributed by atoms with Crippen LogP contribution < -0.4 is 0 Å². The lowest BCUT2D eigenvalue weighted by atomic mass is 10.1. The molecular weight excluding hydrogens is 378 g/mol. The third-order valence-electron chi connectivity index (χ3n) is 4.24. The summed E-state index contributed by atoms with van der Waals surface area (Å²) in [5.74, 6) is -1.10. The maximum Gasteiger partial charge on any atom is 0.330 e. The minimum atomic E-state index is -3.90. The molecule has 144 valence electrons. The second kappa shape index (κ2) is 7.82. The highest BCUT2D eigenvalue weighted by atomic mass is 32.2. The van der Waals surface area contributed by atoms with Gasteiger partial charge in [0.1, 0.15) is 0 Å². The lowest BCUT2D eigenvalue weighted by Gasteiger charge is -2.10. The number of benzene rings is 2. The van der Waals surface area contributed by atoms with E-state index in [0.717, 1.165) is 12.2 Å². The van der Waals surface area contributed by atoms with Crippen molar-refractivity contribution < 1.29 is 22.7 Å². The van der Waals surface area contributed by atoms with Gasteiger partial charge in [-0.1, -0.05) is 36.4 Å². The summed E-state index contributed by atoms with van der Waals surface area (Å²) in [5, 5.41) is 0.498. The van der Waals surface area contributed by atoms with Gasteiger partial charge < -0.3 is 4.74 Å². The van der Waals surface area contributed by atoms with Gasteiger partial charge in [-0.05, 0) is 38.1 Å². The second-order valence-corrected chi connectivity index (χ2v) is 7.80. The first-order valence-corrected chi connectivity index (χ1v) is 10.1. The van der Waals surface area contributed by atoms with E-state index in [9.17, 15) is 18.0 Å². The number of carbonyl (C=O) groups excluding carboxylic acids is 2. The largest absolute Gasteiger partial charge is 0.463 e. The van der Waals surface area contributed by atoms with E-state index < -0.39 is 21.8 Å². The molecule has 28 heavy (non-hydrogen) atoms. The monoisotopic (exact) mass is 397 g/mol. The van der Waals surface area contributed by atoms with Crippen molar-refractivity contribution in [3.8, 4) is 0 Å². The number of ketones is 1. The number of ether oxygens (including phenoxy) is 1. The summed E-state index contributed by atoms with van der Waals surface area (Å²) in [4.78, 5) is 24.4. The third-order valence-corrected chi connectivity index (χ3v) is 6.06. The van der Waals surface area contributed by atoms with Crippen molar-refractivity contribution in [1.82, 2.24) is 3.97 Å². The van der Waals surface area contributed by atoms with Crippen molar-refractivity contribution in [2.24, 2.45) is 0 Å². The predicted octanol–water partition coefficient (Wildman–Crippen LogP) is 3.49. The molecule has 0 aliphatic carbocycles. The lowest BCUT2D eigenvalue weighted by Crippen LogP contribution is -2.15. The van der Waals surface area contributed by atoms with Crippen LogP contribution in [0.25, 0.3) is 10.9 Å². The number of rotatable bonds is 6. The number of aromatic nitrogens is 1. The highest BCUT2D eigenvalue weighted by Crippen LogP contribution is 2.30.